The summed E-state index contributed by atoms with van der Waals surface area (Å²) in [5, 5.41) is 11.1. The van der Waals surface area contributed by atoms with Crippen molar-refractivity contribution >= 4 is 28.2 Å². The van der Waals surface area contributed by atoms with Crippen LogP contribution < -0.4 is 5.32 Å². The molecule has 2 unspecified atom stereocenters. The van der Waals surface area contributed by atoms with Crippen LogP contribution in [-0.2, 0) is 0 Å². The van der Waals surface area contributed by atoms with Gasteiger partial charge in [0.2, 0.25) is 0 Å². The number of aliphatic imine (C=N–C) groups is 1. The van der Waals surface area contributed by atoms with Crippen molar-refractivity contribution in [3.8, 4) is 56.4 Å². The van der Waals surface area contributed by atoms with Crippen LogP contribution in [0.25, 0.3) is 72.5 Å². The van der Waals surface area contributed by atoms with Gasteiger partial charge in [-0.25, -0.2) is 15.0 Å². The number of fused-ring (bicyclic) bond motifs is 3. The first-order chi connectivity index (χ1) is 29.2. The summed E-state index contributed by atoms with van der Waals surface area (Å²) in [6, 6.07) is 61.0. The number of rotatable bonds is 7. The van der Waals surface area contributed by atoms with Crippen LogP contribution in [0.3, 0.4) is 0 Å². The zero-order chi connectivity index (χ0) is 39.1. The highest BCUT2D eigenvalue weighted by Crippen LogP contribution is 2.51. The van der Waals surface area contributed by atoms with Crippen molar-refractivity contribution in [2.24, 2.45) is 4.99 Å². The normalized spacial score (nSPS) is 16.7. The van der Waals surface area contributed by atoms with Gasteiger partial charge >= 0.3 is 0 Å². The van der Waals surface area contributed by atoms with E-state index in [0.29, 0.717) is 17.5 Å². The molecule has 1 aromatic heterocycles. The third-order valence-electron chi connectivity index (χ3n) is 11.0. The Bertz CT molecular complexity index is 2940. The van der Waals surface area contributed by atoms with Gasteiger partial charge in [0.25, 0.3) is 0 Å². The molecule has 4 heterocycles. The lowest BCUT2D eigenvalue weighted by atomic mass is 9.94. The van der Waals surface area contributed by atoms with E-state index < -0.39 is 0 Å². The molecule has 0 bridgehead atoms. The maximum Gasteiger partial charge on any atom is 0.164 e. The maximum atomic E-state index is 5.36. The van der Waals surface area contributed by atoms with Crippen LogP contribution >= 0.6 is 11.8 Å². The summed E-state index contributed by atoms with van der Waals surface area (Å²) in [7, 11) is 0. The second-order valence-corrected chi connectivity index (χ2v) is 15.7. The third-order valence-corrected chi connectivity index (χ3v) is 12.2. The third kappa shape index (κ3) is 6.51. The summed E-state index contributed by atoms with van der Waals surface area (Å²) in [4.78, 5) is 21.5. The molecule has 7 aromatic carbocycles. The van der Waals surface area contributed by atoms with Crippen molar-refractivity contribution in [1.29, 1.82) is 0 Å². The largest absolute Gasteiger partial charge is 0.658 e. The van der Waals surface area contributed by atoms with Crippen LogP contribution in [0.15, 0.2) is 215 Å². The summed E-state index contributed by atoms with van der Waals surface area (Å²) in [5.41, 5.74) is 12.8. The molecule has 0 aliphatic carbocycles. The summed E-state index contributed by atoms with van der Waals surface area (Å²) in [6.07, 6.45) is 5.89. The highest BCUT2D eigenvalue weighted by Gasteiger charge is 2.32. The fourth-order valence-corrected chi connectivity index (χ4v) is 9.30. The van der Waals surface area contributed by atoms with Crippen molar-refractivity contribution < 1.29 is 0 Å². The average Bonchev–Trinajstić information content (AvgIpc) is 3.70. The van der Waals surface area contributed by atoms with Gasteiger partial charge in [0.05, 0.1) is 5.71 Å². The van der Waals surface area contributed by atoms with E-state index in [1.54, 1.807) is 11.8 Å². The molecule has 0 saturated heterocycles. The summed E-state index contributed by atoms with van der Waals surface area (Å²) in [6.45, 7) is 0. The quantitative estimate of drug-likeness (QED) is 0.174. The van der Waals surface area contributed by atoms with Crippen LogP contribution in [-0.4, -0.2) is 26.0 Å². The SMILES string of the molecule is C1=CNC2SC3=C([N-]C(c4ccc(-c5ccccc5)cc4)N=C3c3ccc(-c4cccc5c(-c6nc(-c7ccccc7)nc(-c7ccccc7)n6)cccc45)cc3)C2=C1. The van der Waals surface area contributed by atoms with E-state index in [1.165, 1.54) is 16.7 Å². The van der Waals surface area contributed by atoms with Crippen molar-refractivity contribution in [1.82, 2.24) is 20.3 Å². The molecule has 0 radical (unpaired) electrons. The minimum absolute atomic E-state index is 0.110. The Morgan fingerprint density at radius 1 is 0.475 bits per heavy atom. The Morgan fingerprint density at radius 2 is 1.02 bits per heavy atom. The fraction of sp³-hybridized carbons (Fsp3) is 0.0385. The van der Waals surface area contributed by atoms with E-state index in [2.05, 4.69) is 127 Å². The second kappa shape index (κ2) is 14.9. The van der Waals surface area contributed by atoms with Crippen molar-refractivity contribution in [2.75, 3.05) is 0 Å². The molecular formula is C52H35N6S-. The molecule has 59 heavy (non-hydrogen) atoms. The van der Waals surface area contributed by atoms with E-state index in [9.17, 15) is 0 Å². The van der Waals surface area contributed by atoms with Crippen molar-refractivity contribution in [3.63, 3.8) is 0 Å². The van der Waals surface area contributed by atoms with Gasteiger partial charge in [-0.15, -0.1) is 5.70 Å². The molecule has 8 aromatic rings. The zero-order valence-electron chi connectivity index (χ0n) is 31.8. The number of hydrogen-bond acceptors (Lipinski definition) is 6. The van der Waals surface area contributed by atoms with Gasteiger partial charge in [-0.05, 0) is 56.4 Å². The Labute approximate surface area is 346 Å². The minimum Gasteiger partial charge on any atom is -0.658 e. The smallest absolute Gasteiger partial charge is 0.164 e. The number of aromatic nitrogens is 3. The molecule has 0 saturated carbocycles. The second-order valence-electron chi connectivity index (χ2n) is 14.6. The molecular weight excluding hydrogens is 741 g/mol. The minimum atomic E-state index is -0.351. The van der Waals surface area contributed by atoms with Gasteiger partial charge in [-0.3, -0.25) is 4.99 Å². The Morgan fingerprint density at radius 3 is 1.68 bits per heavy atom. The Hall–Kier alpha value is -7.35. The number of nitrogens with one attached hydrogen (secondary N) is 1. The molecule has 0 fully saturated rings. The van der Waals surface area contributed by atoms with E-state index in [4.69, 9.17) is 25.3 Å². The van der Waals surface area contributed by atoms with Gasteiger partial charge in [-0.2, -0.15) is 0 Å². The first-order valence-electron chi connectivity index (χ1n) is 19.7. The highest BCUT2D eigenvalue weighted by atomic mass is 32.2. The molecule has 3 aliphatic rings. The lowest BCUT2D eigenvalue weighted by Gasteiger charge is -2.38. The summed E-state index contributed by atoms with van der Waals surface area (Å²) in [5.74, 6) is 1.92. The number of nitrogens with zero attached hydrogens (tertiary/aromatic N) is 5. The Balaban J connectivity index is 0.965. The molecule has 0 spiro atoms. The van der Waals surface area contributed by atoms with Gasteiger partial charge in [0, 0.05) is 33.3 Å². The molecule has 280 valence electrons. The highest BCUT2D eigenvalue weighted by molar-refractivity contribution is 8.05. The number of allylic oxidation sites excluding steroid dienone is 3. The molecule has 2 atom stereocenters. The lowest BCUT2D eigenvalue weighted by Crippen LogP contribution is -2.22. The van der Waals surface area contributed by atoms with Gasteiger partial charge in [-0.1, -0.05) is 194 Å². The molecule has 0 amide bonds. The molecule has 1 N–H and O–H groups in total. The monoisotopic (exact) mass is 775 g/mol. The Kier molecular flexibility index (Phi) is 8.78. The summed E-state index contributed by atoms with van der Waals surface area (Å²) >= 11 is 1.79. The van der Waals surface area contributed by atoms with Crippen LogP contribution in [0.4, 0.5) is 0 Å². The fourth-order valence-electron chi connectivity index (χ4n) is 8.04. The zero-order valence-corrected chi connectivity index (χ0v) is 32.6. The lowest BCUT2D eigenvalue weighted by molar-refractivity contribution is 0.836. The van der Waals surface area contributed by atoms with Gasteiger partial charge in [0.1, 0.15) is 5.37 Å². The first kappa shape index (κ1) is 34.9. The van der Waals surface area contributed by atoms with Gasteiger partial charge < -0.3 is 10.6 Å². The van der Waals surface area contributed by atoms with Crippen molar-refractivity contribution in [3.05, 3.63) is 227 Å². The predicted molar refractivity (Wildman–Crippen MR) is 242 cm³/mol. The molecule has 7 heteroatoms. The number of thioether (sulfide) groups is 1. The van der Waals surface area contributed by atoms with Crippen LogP contribution in [0.2, 0.25) is 0 Å². The van der Waals surface area contributed by atoms with E-state index in [1.807, 2.05) is 72.9 Å². The van der Waals surface area contributed by atoms with E-state index in [-0.39, 0.29) is 11.5 Å². The number of benzene rings is 7. The molecule has 3 aliphatic heterocycles. The number of dihydropyridines is 1. The van der Waals surface area contributed by atoms with Crippen LogP contribution in [0.1, 0.15) is 17.3 Å². The van der Waals surface area contributed by atoms with Crippen LogP contribution in [0, 0.1) is 0 Å². The first-order valence-corrected chi connectivity index (χ1v) is 20.6. The average molecular weight is 776 g/mol. The van der Waals surface area contributed by atoms with Crippen molar-refractivity contribution in [2.45, 2.75) is 11.5 Å². The van der Waals surface area contributed by atoms with E-state index >= 15 is 0 Å². The predicted octanol–water partition coefficient (Wildman–Crippen LogP) is 12.6. The van der Waals surface area contributed by atoms with Gasteiger partial charge in [0.15, 0.2) is 17.5 Å². The molecule has 6 nitrogen and oxygen atoms in total. The molecule has 11 rings (SSSR count). The topological polar surface area (TPSA) is 77.2 Å². The van der Waals surface area contributed by atoms with E-state index in [0.717, 1.165) is 66.0 Å². The standard InChI is InChI=1S/C52H35N6S/c1-4-13-33(14-5-1)34-24-30-39(31-25-34)48-54-45(47-46(55-48)44-23-12-32-53-52(44)59-47)36-28-26-35(27-29-36)40-19-10-21-42-41(40)20-11-22-43(42)51-57-49(37-15-6-2-7-16-37)56-50(58-51)38-17-8-3-9-18-38/h1-32,48,52-53H/q-1. The number of hydrogen-bond donors (Lipinski definition) is 1. The van der Waals surface area contributed by atoms with Crippen LogP contribution in [0.5, 0.6) is 0 Å². The summed E-state index contributed by atoms with van der Waals surface area (Å²) < 4.78 is 0. The maximum absolute atomic E-state index is 5.36.